The Labute approximate surface area is 103 Å². The van der Waals surface area contributed by atoms with Crippen molar-refractivity contribution in [2.45, 2.75) is 33.4 Å². The smallest absolute Gasteiger partial charge is 0.0534 e. The third-order valence-corrected chi connectivity index (χ3v) is 3.87. The fourth-order valence-electron chi connectivity index (χ4n) is 1.39. The topological polar surface area (TPSA) is 29.9 Å². The Balaban J connectivity index is 2.12. The van der Waals surface area contributed by atoms with Crippen LogP contribution in [0.25, 0.3) is 0 Å². The van der Waals surface area contributed by atoms with E-state index in [9.17, 15) is 0 Å². The number of hydrogen-bond donors (Lipinski definition) is 1. The van der Waals surface area contributed by atoms with Gasteiger partial charge in [0.2, 0.25) is 0 Å². The lowest BCUT2D eigenvalue weighted by molar-refractivity contribution is 0.594. The maximum atomic E-state index is 4.15. The summed E-state index contributed by atoms with van der Waals surface area (Å²) >= 11 is 2.03. The lowest BCUT2D eigenvalue weighted by atomic mass is 10.3. The van der Waals surface area contributed by atoms with E-state index in [4.69, 9.17) is 0 Å². The molecule has 1 aromatic rings. The molecule has 3 nitrogen and oxygen atoms in total. The second-order valence-electron chi connectivity index (χ2n) is 4.74. The quantitative estimate of drug-likeness (QED) is 0.794. The number of nitrogens with one attached hydrogen (secondary N) is 1. The summed E-state index contributed by atoms with van der Waals surface area (Å²) in [5.74, 6) is 3.22. The lowest BCUT2D eigenvalue weighted by Crippen LogP contribution is -2.27. The van der Waals surface area contributed by atoms with Crippen molar-refractivity contribution in [1.82, 2.24) is 15.1 Å². The Morgan fingerprint density at radius 1 is 1.38 bits per heavy atom. The molecule has 1 atom stereocenters. The molecular weight excluding hydrogens is 218 g/mol. The van der Waals surface area contributed by atoms with Gasteiger partial charge in [-0.05, 0) is 18.6 Å². The molecule has 16 heavy (non-hydrogen) atoms. The summed E-state index contributed by atoms with van der Waals surface area (Å²) in [5.41, 5.74) is 1.25. The number of thioether (sulfide) groups is 1. The zero-order valence-electron chi connectivity index (χ0n) is 10.7. The van der Waals surface area contributed by atoms with Gasteiger partial charge in [-0.3, -0.25) is 4.68 Å². The maximum Gasteiger partial charge on any atom is 0.0534 e. The van der Waals surface area contributed by atoms with E-state index in [1.807, 2.05) is 29.7 Å². The van der Waals surface area contributed by atoms with Crippen molar-refractivity contribution < 1.29 is 0 Å². The van der Waals surface area contributed by atoms with Gasteiger partial charge >= 0.3 is 0 Å². The Bertz CT molecular complexity index is 296. The van der Waals surface area contributed by atoms with Crippen molar-refractivity contribution >= 4 is 11.8 Å². The largest absolute Gasteiger partial charge is 0.309 e. The average molecular weight is 241 g/mol. The fraction of sp³-hybridized carbons (Fsp3) is 0.750. The van der Waals surface area contributed by atoms with E-state index in [1.54, 1.807) is 0 Å². The molecule has 1 aromatic heterocycles. The molecule has 92 valence electrons. The van der Waals surface area contributed by atoms with Gasteiger partial charge in [-0.25, -0.2) is 0 Å². The highest BCUT2D eigenvalue weighted by molar-refractivity contribution is 7.99. The van der Waals surface area contributed by atoms with Crippen molar-refractivity contribution in [3.05, 3.63) is 18.0 Å². The molecule has 0 aromatic carbocycles. The highest BCUT2D eigenvalue weighted by Crippen LogP contribution is 2.09. The average Bonchev–Trinajstić information content (AvgIpc) is 2.61. The first-order chi connectivity index (χ1) is 7.58. The van der Waals surface area contributed by atoms with Crippen molar-refractivity contribution in [2.75, 3.05) is 11.5 Å². The summed E-state index contributed by atoms with van der Waals surface area (Å²) in [5, 5.41) is 7.66. The van der Waals surface area contributed by atoms with Crippen LogP contribution in [-0.2, 0) is 13.6 Å². The Morgan fingerprint density at radius 2 is 2.12 bits per heavy atom. The molecule has 0 aliphatic carbocycles. The number of nitrogens with zero attached hydrogens (tertiary/aromatic N) is 2. The zero-order valence-corrected chi connectivity index (χ0v) is 11.5. The van der Waals surface area contributed by atoms with Gasteiger partial charge in [0.25, 0.3) is 0 Å². The zero-order chi connectivity index (χ0) is 12.0. The van der Waals surface area contributed by atoms with Gasteiger partial charge in [-0.15, -0.1) is 0 Å². The molecule has 1 rings (SSSR count). The molecule has 0 spiro atoms. The molecule has 0 saturated carbocycles. The first-order valence-electron chi connectivity index (χ1n) is 5.86. The first kappa shape index (κ1) is 13.6. The molecule has 1 heterocycles. The molecule has 0 bridgehead atoms. The number of aryl methyl sites for hydroxylation is 1. The molecule has 1 N–H and O–H groups in total. The number of hydrogen-bond acceptors (Lipinski definition) is 3. The summed E-state index contributed by atoms with van der Waals surface area (Å²) in [7, 11) is 1.95. The van der Waals surface area contributed by atoms with Crippen LogP contribution in [0.15, 0.2) is 12.4 Å². The summed E-state index contributed by atoms with van der Waals surface area (Å²) in [4.78, 5) is 0. The summed E-state index contributed by atoms with van der Waals surface area (Å²) < 4.78 is 1.84. The third-order valence-electron chi connectivity index (χ3n) is 2.23. The van der Waals surface area contributed by atoms with Crippen LogP contribution >= 0.6 is 11.8 Å². The van der Waals surface area contributed by atoms with Crippen molar-refractivity contribution in [3.8, 4) is 0 Å². The van der Waals surface area contributed by atoms with Crippen LogP contribution in [0.4, 0.5) is 0 Å². The van der Waals surface area contributed by atoms with E-state index in [0.717, 1.165) is 12.5 Å². The van der Waals surface area contributed by atoms with E-state index in [1.165, 1.54) is 17.1 Å². The third kappa shape index (κ3) is 5.56. The molecule has 4 heteroatoms. The van der Waals surface area contributed by atoms with Gasteiger partial charge in [0.1, 0.15) is 0 Å². The monoisotopic (exact) mass is 241 g/mol. The predicted molar refractivity (Wildman–Crippen MR) is 71.7 cm³/mol. The van der Waals surface area contributed by atoms with E-state index in [2.05, 4.69) is 37.4 Å². The number of rotatable bonds is 7. The van der Waals surface area contributed by atoms with E-state index >= 15 is 0 Å². The minimum atomic E-state index is 0.559. The van der Waals surface area contributed by atoms with Gasteiger partial charge < -0.3 is 5.32 Å². The van der Waals surface area contributed by atoms with Gasteiger partial charge in [0, 0.05) is 37.1 Å². The van der Waals surface area contributed by atoms with Crippen LogP contribution in [0.1, 0.15) is 26.3 Å². The molecule has 0 aliphatic heterocycles. The molecule has 0 radical (unpaired) electrons. The van der Waals surface area contributed by atoms with E-state index in [-0.39, 0.29) is 0 Å². The van der Waals surface area contributed by atoms with Crippen LogP contribution in [0.2, 0.25) is 0 Å². The van der Waals surface area contributed by atoms with Crippen LogP contribution in [0.5, 0.6) is 0 Å². The van der Waals surface area contributed by atoms with E-state index in [0.29, 0.717) is 6.04 Å². The van der Waals surface area contributed by atoms with E-state index < -0.39 is 0 Å². The summed E-state index contributed by atoms with van der Waals surface area (Å²) in [6, 6.07) is 0.559. The summed E-state index contributed by atoms with van der Waals surface area (Å²) in [6.07, 6.45) is 3.97. The number of aromatic nitrogens is 2. The van der Waals surface area contributed by atoms with Gasteiger partial charge in [-0.2, -0.15) is 16.9 Å². The van der Waals surface area contributed by atoms with Crippen LogP contribution in [-0.4, -0.2) is 27.3 Å². The minimum Gasteiger partial charge on any atom is -0.309 e. The predicted octanol–water partition coefficient (Wildman–Crippen LogP) is 2.29. The Kier molecular flexibility index (Phi) is 5.91. The molecule has 0 aliphatic rings. The molecular formula is C12H23N3S. The standard InChI is InChI=1S/C12H23N3S/c1-10(2)8-16-9-11(3)13-5-12-6-14-15(4)7-12/h6-7,10-11,13H,5,8-9H2,1-4H3. The molecule has 0 saturated heterocycles. The van der Waals surface area contributed by atoms with Crippen molar-refractivity contribution in [1.29, 1.82) is 0 Å². The Hall–Kier alpha value is -0.480. The van der Waals surface area contributed by atoms with Crippen LogP contribution < -0.4 is 5.32 Å². The van der Waals surface area contributed by atoms with Crippen molar-refractivity contribution in [3.63, 3.8) is 0 Å². The van der Waals surface area contributed by atoms with Crippen LogP contribution in [0.3, 0.4) is 0 Å². The van der Waals surface area contributed by atoms with Gasteiger partial charge in [0.15, 0.2) is 0 Å². The lowest BCUT2D eigenvalue weighted by Gasteiger charge is -2.13. The molecule has 0 amide bonds. The molecule has 0 fully saturated rings. The van der Waals surface area contributed by atoms with Gasteiger partial charge in [0.05, 0.1) is 6.20 Å². The highest BCUT2D eigenvalue weighted by atomic mass is 32.2. The van der Waals surface area contributed by atoms with Crippen LogP contribution in [0, 0.1) is 5.92 Å². The second-order valence-corrected chi connectivity index (χ2v) is 5.81. The second kappa shape index (κ2) is 6.97. The first-order valence-corrected chi connectivity index (χ1v) is 7.02. The maximum absolute atomic E-state index is 4.15. The fourth-order valence-corrected chi connectivity index (χ4v) is 2.47. The van der Waals surface area contributed by atoms with Crippen molar-refractivity contribution in [2.24, 2.45) is 13.0 Å². The minimum absolute atomic E-state index is 0.559. The Morgan fingerprint density at radius 3 is 2.69 bits per heavy atom. The SMILES string of the molecule is CC(C)CSCC(C)NCc1cnn(C)c1. The van der Waals surface area contributed by atoms with Gasteiger partial charge in [-0.1, -0.05) is 13.8 Å². The highest BCUT2D eigenvalue weighted by Gasteiger charge is 2.03. The summed E-state index contributed by atoms with van der Waals surface area (Å²) in [6.45, 7) is 7.68. The molecule has 1 unspecified atom stereocenters. The normalized spacial score (nSPS) is 13.3.